The smallest absolute Gasteiger partial charge is 0.305 e. The second kappa shape index (κ2) is 36.4. The molecule has 1 fully saturated rings. The van der Waals surface area contributed by atoms with Crippen molar-refractivity contribution in [2.75, 3.05) is 13.2 Å². The highest BCUT2D eigenvalue weighted by atomic mass is 16.6. The maximum atomic E-state index is 12.6. The molecule has 2 atom stereocenters. The molecule has 5 nitrogen and oxygen atoms in total. The van der Waals surface area contributed by atoms with Crippen molar-refractivity contribution in [3.63, 3.8) is 0 Å². The molecule has 0 saturated heterocycles. The first-order valence-corrected chi connectivity index (χ1v) is 22.2. The van der Waals surface area contributed by atoms with Crippen LogP contribution in [0, 0.1) is 11.8 Å². The van der Waals surface area contributed by atoms with Crippen molar-refractivity contribution in [2.45, 2.75) is 207 Å². The number of ether oxygens (including phenoxy) is 3. The molecule has 0 radical (unpaired) electrons. The molecule has 0 bridgehead atoms. The molecule has 304 valence electrons. The van der Waals surface area contributed by atoms with Gasteiger partial charge in [0.25, 0.3) is 0 Å². The van der Waals surface area contributed by atoms with E-state index in [-0.39, 0.29) is 31.1 Å². The zero-order chi connectivity index (χ0) is 38.5. The summed E-state index contributed by atoms with van der Waals surface area (Å²) in [5.74, 6) is 1.11. The first kappa shape index (κ1) is 48.5. The molecule has 5 heteroatoms. The maximum absolute atomic E-state index is 12.6. The molecule has 1 rings (SSSR count). The van der Waals surface area contributed by atoms with Gasteiger partial charge < -0.3 is 14.2 Å². The van der Waals surface area contributed by atoms with Crippen molar-refractivity contribution in [3.8, 4) is 0 Å². The van der Waals surface area contributed by atoms with Gasteiger partial charge in [-0.1, -0.05) is 159 Å². The van der Waals surface area contributed by atoms with Crippen molar-refractivity contribution in [1.82, 2.24) is 0 Å². The predicted molar refractivity (Wildman–Crippen MR) is 226 cm³/mol. The van der Waals surface area contributed by atoms with Gasteiger partial charge in [0.1, 0.15) is 13.2 Å². The fourth-order valence-corrected chi connectivity index (χ4v) is 6.89. The molecule has 0 spiro atoms. The molecular formula is C48H82O5. The Morgan fingerprint density at radius 1 is 0.566 bits per heavy atom. The molecule has 0 aromatic rings. The quantitative estimate of drug-likeness (QED) is 0.0280. The van der Waals surface area contributed by atoms with Crippen LogP contribution in [0.15, 0.2) is 60.9 Å². The third kappa shape index (κ3) is 30.5. The molecule has 0 aromatic heterocycles. The van der Waals surface area contributed by atoms with E-state index in [0.717, 1.165) is 76.4 Å². The number of allylic oxidation sites excluding steroid dienone is 9. The average molecular weight is 739 g/mol. The number of esters is 2. The summed E-state index contributed by atoms with van der Waals surface area (Å²) in [5, 5.41) is 0. The van der Waals surface area contributed by atoms with Crippen molar-refractivity contribution < 1.29 is 23.8 Å². The third-order valence-corrected chi connectivity index (χ3v) is 10.4. The van der Waals surface area contributed by atoms with Crippen LogP contribution >= 0.6 is 0 Å². The van der Waals surface area contributed by atoms with E-state index in [4.69, 9.17) is 14.2 Å². The lowest BCUT2D eigenvalue weighted by atomic mass is 9.79. The second-order valence-corrected chi connectivity index (χ2v) is 15.4. The number of carbonyl (C=O) groups excluding carboxylic acids is 2. The van der Waals surface area contributed by atoms with Gasteiger partial charge in [0.05, 0.1) is 5.76 Å². The minimum atomic E-state index is -0.529. The number of unbranched alkanes of at least 4 members (excludes halogenated alkanes) is 16. The minimum Gasteiger partial charge on any atom is -0.488 e. The van der Waals surface area contributed by atoms with Crippen LogP contribution in [0.5, 0.6) is 0 Å². The first-order valence-electron chi connectivity index (χ1n) is 22.2. The Bertz CT molecular complexity index is 945. The summed E-state index contributed by atoms with van der Waals surface area (Å²) in [6, 6.07) is 0. The molecule has 0 N–H and O–H groups in total. The highest BCUT2D eigenvalue weighted by molar-refractivity contribution is 5.69. The Morgan fingerprint density at radius 2 is 0.962 bits per heavy atom. The van der Waals surface area contributed by atoms with Gasteiger partial charge in [0.15, 0.2) is 6.10 Å². The van der Waals surface area contributed by atoms with Crippen LogP contribution in [0.1, 0.15) is 201 Å². The molecule has 0 aliphatic heterocycles. The molecule has 1 aliphatic rings. The van der Waals surface area contributed by atoms with E-state index in [1.807, 2.05) is 0 Å². The van der Waals surface area contributed by atoms with Crippen molar-refractivity contribution >= 4 is 11.9 Å². The van der Waals surface area contributed by atoms with E-state index in [2.05, 4.69) is 76.0 Å². The van der Waals surface area contributed by atoms with E-state index in [1.54, 1.807) is 0 Å². The molecule has 0 heterocycles. The van der Waals surface area contributed by atoms with Gasteiger partial charge in [-0.3, -0.25) is 9.59 Å². The fourth-order valence-electron chi connectivity index (χ4n) is 6.89. The Morgan fingerprint density at radius 3 is 1.40 bits per heavy atom. The summed E-state index contributed by atoms with van der Waals surface area (Å²) in [6.45, 7) is 11.1. The Kier molecular flexibility index (Phi) is 33.3. The zero-order valence-corrected chi connectivity index (χ0v) is 34.8. The Labute approximate surface area is 327 Å². The molecule has 0 aromatic carbocycles. The highest BCUT2D eigenvalue weighted by Gasteiger charge is 2.27. The fraction of sp³-hybridized carbons (Fsp3) is 0.750. The SMILES string of the molecule is C=C(OC(COC(=O)CCCCCCC/C=C\C/C=C\CCCCC)COC(=O)CCCCCCC/C=C\C/C=C\CCCCC)C1CCCCC1C. The van der Waals surface area contributed by atoms with Crippen molar-refractivity contribution in [1.29, 1.82) is 0 Å². The first-order chi connectivity index (χ1) is 26.0. The maximum Gasteiger partial charge on any atom is 0.305 e. The summed E-state index contributed by atoms with van der Waals surface area (Å²) in [5.41, 5.74) is 0. The standard InChI is InChI=1S/C48H82O5/c1-5-7-9-11-13-15-17-19-21-23-25-27-29-31-33-39-47(49)51-41-45(53-44(4)46-38-36-35-37-43(46)3)42-52-48(50)40-34-32-30-28-26-24-22-20-18-16-14-12-10-8-6-2/h13-16,19-22,43,45-46H,4-12,17-18,23-42H2,1-3H3/b15-13-,16-14-,21-19-,22-20-. The average Bonchev–Trinajstić information content (AvgIpc) is 3.15. The van der Waals surface area contributed by atoms with Crippen molar-refractivity contribution in [2.24, 2.45) is 11.8 Å². The van der Waals surface area contributed by atoms with Gasteiger partial charge >= 0.3 is 11.9 Å². The lowest BCUT2D eigenvalue weighted by Crippen LogP contribution is -2.31. The van der Waals surface area contributed by atoms with Gasteiger partial charge in [-0.2, -0.15) is 0 Å². The van der Waals surface area contributed by atoms with Gasteiger partial charge in [-0.05, 0) is 89.4 Å². The largest absolute Gasteiger partial charge is 0.488 e. The summed E-state index contributed by atoms with van der Waals surface area (Å²) in [6.07, 6.45) is 48.5. The molecule has 0 amide bonds. The van der Waals surface area contributed by atoms with Crippen LogP contribution < -0.4 is 0 Å². The van der Waals surface area contributed by atoms with E-state index in [0.29, 0.717) is 18.8 Å². The topological polar surface area (TPSA) is 61.8 Å². The van der Waals surface area contributed by atoms with Crippen LogP contribution in [0.2, 0.25) is 0 Å². The van der Waals surface area contributed by atoms with Gasteiger partial charge in [0, 0.05) is 18.8 Å². The lowest BCUT2D eigenvalue weighted by Gasteiger charge is -2.32. The molecule has 53 heavy (non-hydrogen) atoms. The molecule has 2 unspecified atom stereocenters. The van der Waals surface area contributed by atoms with E-state index < -0.39 is 6.10 Å². The summed E-state index contributed by atoms with van der Waals surface area (Å²) in [7, 11) is 0. The summed E-state index contributed by atoms with van der Waals surface area (Å²) >= 11 is 0. The molecule has 1 saturated carbocycles. The number of rotatable bonds is 35. The molecule has 1 aliphatic carbocycles. The van der Waals surface area contributed by atoms with Crippen molar-refractivity contribution in [3.05, 3.63) is 60.9 Å². The molecular weight excluding hydrogens is 657 g/mol. The van der Waals surface area contributed by atoms with Crippen LogP contribution in [-0.4, -0.2) is 31.3 Å². The third-order valence-electron chi connectivity index (χ3n) is 10.4. The zero-order valence-electron chi connectivity index (χ0n) is 34.8. The van der Waals surface area contributed by atoms with Crippen LogP contribution in [0.4, 0.5) is 0 Å². The Hall–Kier alpha value is -2.56. The van der Waals surface area contributed by atoms with Crippen LogP contribution in [0.3, 0.4) is 0 Å². The lowest BCUT2D eigenvalue weighted by molar-refractivity contribution is -0.154. The second-order valence-electron chi connectivity index (χ2n) is 15.4. The Balaban J connectivity index is 2.26. The predicted octanol–water partition coefficient (Wildman–Crippen LogP) is 14.4. The van der Waals surface area contributed by atoms with E-state index in [1.165, 1.54) is 96.3 Å². The van der Waals surface area contributed by atoms with E-state index >= 15 is 0 Å². The highest BCUT2D eigenvalue weighted by Crippen LogP contribution is 2.35. The monoisotopic (exact) mass is 739 g/mol. The van der Waals surface area contributed by atoms with Gasteiger partial charge in [-0.15, -0.1) is 0 Å². The van der Waals surface area contributed by atoms with Crippen LogP contribution in [0.25, 0.3) is 0 Å². The number of hydrogen-bond donors (Lipinski definition) is 0. The number of carbonyl (C=O) groups is 2. The normalized spacial score (nSPS) is 16.5. The minimum absolute atomic E-state index is 0.0796. The summed E-state index contributed by atoms with van der Waals surface area (Å²) < 4.78 is 17.5. The number of hydrogen-bond acceptors (Lipinski definition) is 5. The van der Waals surface area contributed by atoms with Crippen LogP contribution in [-0.2, 0) is 23.8 Å². The summed E-state index contributed by atoms with van der Waals surface area (Å²) in [4.78, 5) is 25.2. The van der Waals surface area contributed by atoms with Gasteiger partial charge in [-0.25, -0.2) is 0 Å². The van der Waals surface area contributed by atoms with Gasteiger partial charge in [0.2, 0.25) is 0 Å². The van der Waals surface area contributed by atoms with E-state index in [9.17, 15) is 9.59 Å².